The second-order valence-corrected chi connectivity index (χ2v) is 6.74. The van der Waals surface area contributed by atoms with Crippen molar-refractivity contribution in [1.29, 1.82) is 0 Å². The van der Waals surface area contributed by atoms with Crippen molar-refractivity contribution in [2.75, 3.05) is 46.0 Å². The summed E-state index contributed by atoms with van der Waals surface area (Å²) in [5, 5.41) is 0.481. The third-order valence-electron chi connectivity index (χ3n) is 4.63. The molecule has 1 unspecified atom stereocenters. The molecule has 1 aromatic rings. The summed E-state index contributed by atoms with van der Waals surface area (Å²) in [6.45, 7) is 3.51. The van der Waals surface area contributed by atoms with Crippen LogP contribution in [0.5, 0.6) is 5.75 Å². The molecule has 7 heteroatoms. The lowest BCUT2D eigenvalue weighted by Crippen LogP contribution is -2.50. The van der Waals surface area contributed by atoms with Crippen LogP contribution < -0.4 is 4.74 Å². The number of carbonyl (C=O) groups excluding carboxylic acids is 2. The zero-order chi connectivity index (χ0) is 17.6. The molecule has 0 spiro atoms. The predicted molar refractivity (Wildman–Crippen MR) is 93.7 cm³/mol. The minimum absolute atomic E-state index is 0.0673. The number of rotatable bonds is 4. The van der Waals surface area contributed by atoms with E-state index in [0.717, 1.165) is 12.8 Å². The Morgan fingerprint density at radius 3 is 2.68 bits per heavy atom. The van der Waals surface area contributed by atoms with Crippen LogP contribution in [-0.2, 0) is 14.3 Å². The van der Waals surface area contributed by atoms with E-state index < -0.39 is 0 Å². The van der Waals surface area contributed by atoms with Gasteiger partial charge in [0.05, 0.1) is 24.2 Å². The number of likely N-dealkylation sites (tertiary alicyclic amines) is 1. The van der Waals surface area contributed by atoms with Crippen LogP contribution in [0.3, 0.4) is 0 Å². The summed E-state index contributed by atoms with van der Waals surface area (Å²) in [6.07, 6.45) is 1.66. The summed E-state index contributed by atoms with van der Waals surface area (Å²) >= 11 is 6.03. The minimum atomic E-state index is -0.129. The Morgan fingerprint density at radius 1 is 1.16 bits per heavy atom. The summed E-state index contributed by atoms with van der Waals surface area (Å²) < 4.78 is 10.8. The fourth-order valence-electron chi connectivity index (χ4n) is 3.24. The van der Waals surface area contributed by atoms with Crippen LogP contribution in [0.15, 0.2) is 24.3 Å². The standard InChI is InChI=1S/C18H23ClN2O4/c19-15-5-1-2-6-16(15)25-13-17(22)21-7-3-4-14(12-21)18(23)20-8-10-24-11-9-20/h1-2,5-6,14H,3-4,7-13H2. The Bertz CT molecular complexity index is 619. The molecule has 2 heterocycles. The first-order valence-electron chi connectivity index (χ1n) is 8.67. The molecule has 0 saturated carbocycles. The Morgan fingerprint density at radius 2 is 1.92 bits per heavy atom. The summed E-state index contributed by atoms with van der Waals surface area (Å²) in [6, 6.07) is 7.07. The van der Waals surface area contributed by atoms with Gasteiger partial charge in [-0.2, -0.15) is 0 Å². The highest BCUT2D eigenvalue weighted by Crippen LogP contribution is 2.24. The van der Waals surface area contributed by atoms with E-state index in [-0.39, 0.29) is 24.3 Å². The topological polar surface area (TPSA) is 59.1 Å². The number of benzene rings is 1. The largest absolute Gasteiger partial charge is 0.482 e. The Hall–Kier alpha value is -1.79. The zero-order valence-corrected chi connectivity index (χ0v) is 14.9. The Labute approximate surface area is 152 Å². The van der Waals surface area contributed by atoms with E-state index in [9.17, 15) is 9.59 Å². The Kier molecular flexibility index (Phi) is 6.15. The zero-order valence-electron chi connectivity index (χ0n) is 14.2. The number of piperidine rings is 1. The van der Waals surface area contributed by atoms with Gasteiger partial charge in [-0.15, -0.1) is 0 Å². The van der Waals surface area contributed by atoms with Crippen molar-refractivity contribution in [3.05, 3.63) is 29.3 Å². The molecule has 1 aromatic carbocycles. The first kappa shape index (κ1) is 18.0. The van der Waals surface area contributed by atoms with E-state index in [1.807, 2.05) is 17.0 Å². The second-order valence-electron chi connectivity index (χ2n) is 6.34. The van der Waals surface area contributed by atoms with Crippen LogP contribution in [0.2, 0.25) is 5.02 Å². The molecule has 25 heavy (non-hydrogen) atoms. The number of hydrogen-bond acceptors (Lipinski definition) is 4. The third kappa shape index (κ3) is 4.64. The molecule has 1 atom stereocenters. The maximum atomic E-state index is 12.6. The van der Waals surface area contributed by atoms with E-state index in [4.69, 9.17) is 21.1 Å². The van der Waals surface area contributed by atoms with Crippen LogP contribution in [0.25, 0.3) is 0 Å². The first-order valence-corrected chi connectivity index (χ1v) is 9.04. The molecule has 136 valence electrons. The van der Waals surface area contributed by atoms with Crippen LogP contribution in [0.1, 0.15) is 12.8 Å². The Balaban J connectivity index is 1.52. The van der Waals surface area contributed by atoms with Crippen molar-refractivity contribution >= 4 is 23.4 Å². The maximum Gasteiger partial charge on any atom is 0.260 e. The van der Waals surface area contributed by atoms with Crippen molar-refractivity contribution in [2.45, 2.75) is 12.8 Å². The summed E-state index contributed by atoms with van der Waals surface area (Å²) in [7, 11) is 0. The SMILES string of the molecule is O=C(COc1ccccc1Cl)N1CCCC(C(=O)N2CCOCC2)C1. The number of morpholine rings is 1. The number of amides is 2. The van der Waals surface area contributed by atoms with Gasteiger partial charge in [0.2, 0.25) is 5.91 Å². The fourth-order valence-corrected chi connectivity index (χ4v) is 3.43. The van der Waals surface area contributed by atoms with Gasteiger partial charge < -0.3 is 19.3 Å². The average molecular weight is 367 g/mol. The molecule has 2 fully saturated rings. The highest BCUT2D eigenvalue weighted by atomic mass is 35.5. The van der Waals surface area contributed by atoms with Gasteiger partial charge in [-0.1, -0.05) is 23.7 Å². The van der Waals surface area contributed by atoms with Crippen LogP contribution >= 0.6 is 11.6 Å². The van der Waals surface area contributed by atoms with Gasteiger partial charge in [-0.25, -0.2) is 0 Å². The minimum Gasteiger partial charge on any atom is -0.482 e. The lowest BCUT2D eigenvalue weighted by molar-refractivity contribution is -0.144. The van der Waals surface area contributed by atoms with Crippen LogP contribution in [0, 0.1) is 5.92 Å². The first-order chi connectivity index (χ1) is 12.1. The molecule has 0 aliphatic carbocycles. The van der Waals surface area contributed by atoms with Crippen LogP contribution in [-0.4, -0.2) is 67.6 Å². The van der Waals surface area contributed by atoms with Crippen molar-refractivity contribution in [2.24, 2.45) is 5.92 Å². The fraction of sp³-hybridized carbons (Fsp3) is 0.556. The quantitative estimate of drug-likeness (QED) is 0.815. The van der Waals surface area contributed by atoms with Crippen molar-refractivity contribution in [1.82, 2.24) is 9.80 Å². The number of hydrogen-bond donors (Lipinski definition) is 0. The molecule has 3 rings (SSSR count). The third-order valence-corrected chi connectivity index (χ3v) is 4.95. The molecule has 0 radical (unpaired) electrons. The van der Waals surface area contributed by atoms with Gasteiger partial charge >= 0.3 is 0 Å². The second kappa shape index (κ2) is 8.54. The molecule has 0 N–H and O–H groups in total. The number of halogens is 1. The van der Waals surface area contributed by atoms with Crippen molar-refractivity contribution in [3.8, 4) is 5.75 Å². The molecular weight excluding hydrogens is 344 g/mol. The molecule has 2 amide bonds. The van der Waals surface area contributed by atoms with Crippen molar-refractivity contribution < 1.29 is 19.1 Å². The van der Waals surface area contributed by atoms with E-state index in [2.05, 4.69) is 0 Å². The van der Waals surface area contributed by atoms with Gasteiger partial charge in [0.15, 0.2) is 6.61 Å². The van der Waals surface area contributed by atoms with Crippen LogP contribution in [0.4, 0.5) is 0 Å². The number of carbonyl (C=O) groups is 2. The highest BCUT2D eigenvalue weighted by molar-refractivity contribution is 6.32. The van der Waals surface area contributed by atoms with E-state index in [1.165, 1.54) is 0 Å². The predicted octanol–water partition coefficient (Wildman–Crippen LogP) is 1.82. The number of para-hydroxylation sites is 1. The molecule has 6 nitrogen and oxygen atoms in total. The average Bonchev–Trinajstić information content (AvgIpc) is 2.67. The maximum absolute atomic E-state index is 12.6. The van der Waals surface area contributed by atoms with E-state index in [0.29, 0.717) is 50.2 Å². The molecule has 2 aliphatic rings. The lowest BCUT2D eigenvalue weighted by Gasteiger charge is -2.36. The van der Waals surface area contributed by atoms with Gasteiger partial charge in [0.1, 0.15) is 5.75 Å². The summed E-state index contributed by atoms with van der Waals surface area (Å²) in [5.41, 5.74) is 0. The van der Waals surface area contributed by atoms with Gasteiger partial charge in [-0.05, 0) is 25.0 Å². The molecule has 2 saturated heterocycles. The molecule has 0 aromatic heterocycles. The smallest absolute Gasteiger partial charge is 0.260 e. The van der Waals surface area contributed by atoms with Gasteiger partial charge in [0.25, 0.3) is 5.91 Å². The normalized spacial score (nSPS) is 21.1. The lowest BCUT2D eigenvalue weighted by atomic mass is 9.96. The highest BCUT2D eigenvalue weighted by Gasteiger charge is 2.31. The molecular formula is C18H23ClN2O4. The number of nitrogens with zero attached hydrogens (tertiary/aromatic N) is 2. The van der Waals surface area contributed by atoms with Gasteiger partial charge in [-0.3, -0.25) is 9.59 Å². The summed E-state index contributed by atoms with van der Waals surface area (Å²) in [5.74, 6) is 0.388. The van der Waals surface area contributed by atoms with E-state index >= 15 is 0 Å². The van der Waals surface area contributed by atoms with E-state index in [1.54, 1.807) is 17.0 Å². The summed E-state index contributed by atoms with van der Waals surface area (Å²) in [4.78, 5) is 28.6. The van der Waals surface area contributed by atoms with Crippen molar-refractivity contribution in [3.63, 3.8) is 0 Å². The molecule has 2 aliphatic heterocycles. The number of ether oxygens (including phenoxy) is 2. The molecule has 0 bridgehead atoms. The van der Waals surface area contributed by atoms with Gasteiger partial charge in [0, 0.05) is 26.2 Å². The monoisotopic (exact) mass is 366 g/mol.